The van der Waals surface area contributed by atoms with Gasteiger partial charge >= 0.3 is 0 Å². The zero-order chi connectivity index (χ0) is 14.6. The van der Waals surface area contributed by atoms with E-state index in [1.54, 1.807) is 0 Å². The van der Waals surface area contributed by atoms with Gasteiger partial charge in [-0.2, -0.15) is 0 Å². The maximum Gasteiger partial charge on any atom is 0.0477 e. The summed E-state index contributed by atoms with van der Waals surface area (Å²) >= 11 is 0. The fourth-order valence-electron chi connectivity index (χ4n) is 2.61. The van der Waals surface area contributed by atoms with Crippen LogP contribution in [0, 0.1) is 12.8 Å². The lowest BCUT2D eigenvalue weighted by Crippen LogP contribution is -2.28. The molecule has 0 spiro atoms. The molecule has 0 heterocycles. The highest BCUT2D eigenvalue weighted by Crippen LogP contribution is 2.30. The molecule has 2 heteroatoms. The molecule has 1 aromatic carbocycles. The van der Waals surface area contributed by atoms with Crippen molar-refractivity contribution in [3.8, 4) is 0 Å². The largest absolute Gasteiger partial charge is 0.396 e. The van der Waals surface area contributed by atoms with E-state index in [0.717, 1.165) is 6.42 Å². The smallest absolute Gasteiger partial charge is 0.0477 e. The normalized spacial score (nSPS) is 15.3. The van der Waals surface area contributed by atoms with Gasteiger partial charge in [0.15, 0.2) is 0 Å². The molecule has 2 unspecified atom stereocenters. The number of nitrogens with one attached hydrogen (secondary N) is 1. The predicted molar refractivity (Wildman–Crippen MR) is 82.5 cm³/mol. The van der Waals surface area contributed by atoms with Gasteiger partial charge in [-0.25, -0.2) is 0 Å². The van der Waals surface area contributed by atoms with Crippen LogP contribution in [0.1, 0.15) is 56.8 Å². The van der Waals surface area contributed by atoms with Crippen molar-refractivity contribution in [2.75, 3.05) is 13.7 Å². The Balaban J connectivity index is 3.13. The van der Waals surface area contributed by atoms with Crippen LogP contribution < -0.4 is 5.32 Å². The van der Waals surface area contributed by atoms with Gasteiger partial charge in [0, 0.05) is 18.6 Å². The Hall–Kier alpha value is -0.860. The summed E-state index contributed by atoms with van der Waals surface area (Å²) in [6.07, 6.45) is 0.975. The van der Waals surface area contributed by atoms with Gasteiger partial charge in [-0.3, -0.25) is 0 Å². The first kappa shape index (κ1) is 16.2. The quantitative estimate of drug-likeness (QED) is 0.851. The van der Waals surface area contributed by atoms with Gasteiger partial charge in [-0.05, 0) is 42.5 Å². The SMILES string of the molecule is CCC(CO)C(NC)c1ccc(C(C)(C)C)cc1C. The van der Waals surface area contributed by atoms with Crippen molar-refractivity contribution >= 4 is 0 Å². The highest BCUT2D eigenvalue weighted by molar-refractivity contribution is 5.36. The monoisotopic (exact) mass is 263 g/mol. The van der Waals surface area contributed by atoms with Crippen LogP contribution in [0.15, 0.2) is 18.2 Å². The Labute approximate surface area is 118 Å². The Morgan fingerprint density at radius 2 is 1.89 bits per heavy atom. The summed E-state index contributed by atoms with van der Waals surface area (Å²) in [4.78, 5) is 0. The summed E-state index contributed by atoms with van der Waals surface area (Å²) in [5.74, 6) is 0.268. The number of rotatable bonds is 5. The fraction of sp³-hybridized carbons (Fsp3) is 0.647. The topological polar surface area (TPSA) is 32.3 Å². The van der Waals surface area contributed by atoms with E-state index in [1.165, 1.54) is 16.7 Å². The van der Waals surface area contributed by atoms with Gasteiger partial charge in [0.2, 0.25) is 0 Å². The van der Waals surface area contributed by atoms with Crippen LogP contribution in [0.25, 0.3) is 0 Å². The second-order valence-electron chi connectivity index (χ2n) is 6.44. The van der Waals surface area contributed by atoms with E-state index in [1.807, 2.05) is 7.05 Å². The molecule has 0 aliphatic rings. The Bertz CT molecular complexity index is 402. The van der Waals surface area contributed by atoms with Gasteiger partial charge in [0.05, 0.1) is 0 Å². The van der Waals surface area contributed by atoms with Crippen molar-refractivity contribution in [3.63, 3.8) is 0 Å². The molecule has 2 nitrogen and oxygen atoms in total. The van der Waals surface area contributed by atoms with E-state index in [-0.39, 0.29) is 24.0 Å². The lowest BCUT2D eigenvalue weighted by molar-refractivity contribution is 0.189. The molecule has 0 amide bonds. The van der Waals surface area contributed by atoms with Gasteiger partial charge in [-0.15, -0.1) is 0 Å². The second kappa shape index (κ2) is 6.53. The first-order valence-corrected chi connectivity index (χ1v) is 7.24. The highest BCUT2D eigenvalue weighted by atomic mass is 16.3. The number of hydrogen-bond acceptors (Lipinski definition) is 2. The molecule has 0 aliphatic heterocycles. The number of aliphatic hydroxyl groups excluding tert-OH is 1. The van der Waals surface area contributed by atoms with Crippen LogP contribution in [0.4, 0.5) is 0 Å². The van der Waals surface area contributed by atoms with Crippen molar-refractivity contribution in [1.82, 2.24) is 5.32 Å². The molecule has 19 heavy (non-hydrogen) atoms. The third-order valence-electron chi connectivity index (χ3n) is 4.01. The maximum absolute atomic E-state index is 9.52. The molecule has 1 rings (SSSR count). The number of benzene rings is 1. The third-order valence-corrected chi connectivity index (χ3v) is 4.01. The first-order chi connectivity index (χ1) is 8.85. The average Bonchev–Trinajstić information content (AvgIpc) is 2.35. The van der Waals surface area contributed by atoms with Crippen molar-refractivity contribution in [3.05, 3.63) is 34.9 Å². The van der Waals surface area contributed by atoms with E-state index < -0.39 is 0 Å². The van der Waals surface area contributed by atoms with Crippen LogP contribution in [0.5, 0.6) is 0 Å². The Morgan fingerprint density at radius 1 is 1.26 bits per heavy atom. The molecule has 2 atom stereocenters. The van der Waals surface area contributed by atoms with Crippen LogP contribution in [-0.2, 0) is 5.41 Å². The van der Waals surface area contributed by atoms with Crippen molar-refractivity contribution in [1.29, 1.82) is 0 Å². The standard InChI is InChI=1S/C17H29NO/c1-7-13(11-19)16(18-6)15-9-8-14(10-12(15)2)17(3,4)5/h8-10,13,16,18-19H,7,11H2,1-6H3. The molecule has 0 aromatic heterocycles. The van der Waals surface area contributed by atoms with Crippen LogP contribution in [-0.4, -0.2) is 18.8 Å². The minimum Gasteiger partial charge on any atom is -0.396 e. The molecule has 2 N–H and O–H groups in total. The lowest BCUT2D eigenvalue weighted by Gasteiger charge is -2.28. The first-order valence-electron chi connectivity index (χ1n) is 7.24. The van der Waals surface area contributed by atoms with Crippen LogP contribution in [0.3, 0.4) is 0 Å². The summed E-state index contributed by atoms with van der Waals surface area (Å²) in [7, 11) is 1.97. The zero-order valence-corrected chi connectivity index (χ0v) is 13.2. The lowest BCUT2D eigenvalue weighted by atomic mass is 9.82. The molecule has 1 aromatic rings. The molecule has 0 saturated heterocycles. The van der Waals surface area contributed by atoms with Crippen LogP contribution in [0.2, 0.25) is 0 Å². The number of aryl methyl sites for hydroxylation is 1. The second-order valence-corrected chi connectivity index (χ2v) is 6.44. The summed E-state index contributed by atoms with van der Waals surface area (Å²) in [5.41, 5.74) is 4.15. The van der Waals surface area contributed by atoms with Gasteiger partial charge < -0.3 is 10.4 Å². The Morgan fingerprint density at radius 3 is 2.26 bits per heavy atom. The number of hydrogen-bond donors (Lipinski definition) is 2. The highest BCUT2D eigenvalue weighted by Gasteiger charge is 2.22. The van der Waals surface area contributed by atoms with Crippen molar-refractivity contribution in [2.45, 2.75) is 52.5 Å². The summed E-state index contributed by atoms with van der Waals surface area (Å²) in [5, 5.41) is 12.9. The average molecular weight is 263 g/mol. The van der Waals surface area contributed by atoms with Gasteiger partial charge in [0.25, 0.3) is 0 Å². The zero-order valence-electron chi connectivity index (χ0n) is 13.2. The van der Waals surface area contributed by atoms with Crippen molar-refractivity contribution < 1.29 is 5.11 Å². The molecule has 0 radical (unpaired) electrons. The van der Waals surface area contributed by atoms with E-state index in [4.69, 9.17) is 0 Å². The summed E-state index contributed by atoms with van der Waals surface area (Å²) in [6, 6.07) is 6.94. The van der Waals surface area contributed by atoms with Gasteiger partial charge in [-0.1, -0.05) is 45.9 Å². The molecule has 0 fully saturated rings. The molecule has 0 saturated carbocycles. The molecule has 0 bridgehead atoms. The minimum absolute atomic E-state index is 0.180. The molecule has 0 aliphatic carbocycles. The third kappa shape index (κ3) is 3.80. The molecular weight excluding hydrogens is 234 g/mol. The summed E-state index contributed by atoms with van der Waals surface area (Å²) in [6.45, 7) is 11.2. The van der Waals surface area contributed by atoms with E-state index >= 15 is 0 Å². The maximum atomic E-state index is 9.52. The van der Waals surface area contributed by atoms with E-state index in [9.17, 15) is 5.11 Å². The Kier molecular flexibility index (Phi) is 5.57. The van der Waals surface area contributed by atoms with E-state index in [0.29, 0.717) is 0 Å². The number of aliphatic hydroxyl groups is 1. The van der Waals surface area contributed by atoms with Crippen molar-refractivity contribution in [2.24, 2.45) is 5.92 Å². The fourth-order valence-corrected chi connectivity index (χ4v) is 2.61. The molecule has 108 valence electrons. The minimum atomic E-state index is 0.180. The predicted octanol–water partition coefficient (Wildman–Crippen LogP) is 3.57. The molecular formula is C17H29NO. The van der Waals surface area contributed by atoms with Gasteiger partial charge in [0.1, 0.15) is 0 Å². The van der Waals surface area contributed by atoms with E-state index in [2.05, 4.69) is 58.1 Å². The summed E-state index contributed by atoms with van der Waals surface area (Å²) < 4.78 is 0. The van der Waals surface area contributed by atoms with Crippen LogP contribution >= 0.6 is 0 Å².